The number of benzene rings is 1. The third kappa shape index (κ3) is 4.05. The van der Waals surface area contributed by atoms with Crippen LogP contribution in [0.1, 0.15) is 26.3 Å². The zero-order valence-electron chi connectivity index (χ0n) is 11.5. The summed E-state index contributed by atoms with van der Waals surface area (Å²) in [5.74, 6) is 1.53. The average Bonchev–Trinajstić information content (AvgIpc) is 2.73. The molecule has 0 aromatic heterocycles. The Morgan fingerprint density at radius 1 is 1.32 bits per heavy atom. The van der Waals surface area contributed by atoms with Gasteiger partial charge in [-0.2, -0.15) is 0 Å². The number of carbonyl (C=O) groups is 1. The number of fused-ring (bicyclic) bond motifs is 1. The molecule has 1 amide bonds. The minimum absolute atomic E-state index is 0.273. The lowest BCUT2D eigenvalue weighted by Gasteiger charge is -2.19. The second-order valence-electron chi connectivity index (χ2n) is 5.37. The van der Waals surface area contributed by atoms with E-state index in [0.717, 1.165) is 23.5 Å². The summed E-state index contributed by atoms with van der Waals surface area (Å²) in [7, 11) is 0. The standard InChI is InChI=1S/C14H19NO4/c1-14(2,3)19-13(16)15-7-6-10-4-5-11-12(8-10)18-9-17-11/h4-5,8H,6-7,9H2,1-3H3,(H,15,16). The summed E-state index contributed by atoms with van der Waals surface area (Å²) in [4.78, 5) is 11.5. The highest BCUT2D eigenvalue weighted by Crippen LogP contribution is 2.32. The van der Waals surface area contributed by atoms with Crippen molar-refractivity contribution in [3.05, 3.63) is 23.8 Å². The lowest BCUT2D eigenvalue weighted by molar-refractivity contribution is 0.0528. The van der Waals surface area contributed by atoms with Gasteiger partial charge in [0.05, 0.1) is 0 Å². The van der Waals surface area contributed by atoms with Crippen LogP contribution in [0.2, 0.25) is 0 Å². The summed E-state index contributed by atoms with van der Waals surface area (Å²) in [6, 6.07) is 5.77. The van der Waals surface area contributed by atoms with Crippen molar-refractivity contribution in [2.24, 2.45) is 0 Å². The van der Waals surface area contributed by atoms with Gasteiger partial charge in [0.2, 0.25) is 6.79 Å². The van der Waals surface area contributed by atoms with Crippen molar-refractivity contribution in [1.82, 2.24) is 5.32 Å². The fraction of sp³-hybridized carbons (Fsp3) is 0.500. The molecule has 5 heteroatoms. The molecular weight excluding hydrogens is 246 g/mol. The Hall–Kier alpha value is -1.91. The van der Waals surface area contributed by atoms with Gasteiger partial charge in [-0.05, 0) is 44.9 Å². The number of nitrogens with one attached hydrogen (secondary N) is 1. The monoisotopic (exact) mass is 265 g/mol. The van der Waals surface area contributed by atoms with E-state index in [1.807, 2.05) is 39.0 Å². The summed E-state index contributed by atoms with van der Waals surface area (Å²) in [6.07, 6.45) is 0.323. The minimum Gasteiger partial charge on any atom is -0.454 e. The van der Waals surface area contributed by atoms with Gasteiger partial charge in [0, 0.05) is 6.54 Å². The Bertz CT molecular complexity index is 465. The maximum atomic E-state index is 11.5. The van der Waals surface area contributed by atoms with Gasteiger partial charge in [-0.1, -0.05) is 6.07 Å². The van der Waals surface area contributed by atoms with E-state index >= 15 is 0 Å². The van der Waals surface area contributed by atoms with Crippen LogP contribution in [-0.2, 0) is 11.2 Å². The smallest absolute Gasteiger partial charge is 0.407 e. The number of rotatable bonds is 3. The Morgan fingerprint density at radius 3 is 2.79 bits per heavy atom. The Kier molecular flexibility index (Phi) is 3.83. The van der Waals surface area contributed by atoms with E-state index in [-0.39, 0.29) is 6.79 Å². The van der Waals surface area contributed by atoms with Crippen LogP contribution in [0.4, 0.5) is 4.79 Å². The number of ether oxygens (including phenoxy) is 3. The van der Waals surface area contributed by atoms with Crippen LogP contribution >= 0.6 is 0 Å². The molecule has 0 unspecified atom stereocenters. The van der Waals surface area contributed by atoms with Gasteiger partial charge >= 0.3 is 6.09 Å². The molecule has 19 heavy (non-hydrogen) atoms. The SMILES string of the molecule is CC(C)(C)OC(=O)NCCc1ccc2c(c1)OCO2. The van der Waals surface area contributed by atoms with Gasteiger partial charge in [0.15, 0.2) is 11.5 Å². The fourth-order valence-electron chi connectivity index (χ4n) is 1.72. The average molecular weight is 265 g/mol. The number of amides is 1. The van der Waals surface area contributed by atoms with Gasteiger partial charge < -0.3 is 19.5 Å². The Balaban J connectivity index is 1.78. The predicted molar refractivity (Wildman–Crippen MR) is 70.5 cm³/mol. The van der Waals surface area contributed by atoms with Crippen LogP contribution in [0.25, 0.3) is 0 Å². The van der Waals surface area contributed by atoms with E-state index in [1.165, 1.54) is 0 Å². The lowest BCUT2D eigenvalue weighted by atomic mass is 10.1. The molecule has 0 saturated carbocycles. The summed E-state index contributed by atoms with van der Waals surface area (Å²) in [6.45, 7) is 6.31. The molecule has 0 radical (unpaired) electrons. The number of alkyl carbamates (subject to hydrolysis) is 1. The molecular formula is C14H19NO4. The van der Waals surface area contributed by atoms with Gasteiger partial charge in [-0.3, -0.25) is 0 Å². The molecule has 0 fully saturated rings. The first-order valence-corrected chi connectivity index (χ1v) is 6.29. The van der Waals surface area contributed by atoms with Crippen molar-refractivity contribution in [2.45, 2.75) is 32.8 Å². The quantitative estimate of drug-likeness (QED) is 0.912. The van der Waals surface area contributed by atoms with Crippen molar-refractivity contribution in [1.29, 1.82) is 0 Å². The Morgan fingerprint density at radius 2 is 2.05 bits per heavy atom. The highest BCUT2D eigenvalue weighted by Gasteiger charge is 2.16. The van der Waals surface area contributed by atoms with E-state index in [4.69, 9.17) is 14.2 Å². The maximum absolute atomic E-state index is 11.5. The first-order valence-electron chi connectivity index (χ1n) is 6.29. The van der Waals surface area contributed by atoms with Crippen LogP contribution in [0.15, 0.2) is 18.2 Å². The van der Waals surface area contributed by atoms with Crippen LogP contribution in [0, 0.1) is 0 Å². The van der Waals surface area contributed by atoms with Crippen molar-refractivity contribution in [3.8, 4) is 11.5 Å². The highest BCUT2D eigenvalue weighted by atomic mass is 16.7. The third-order valence-electron chi connectivity index (χ3n) is 2.52. The molecule has 0 atom stereocenters. The third-order valence-corrected chi connectivity index (χ3v) is 2.52. The van der Waals surface area contributed by atoms with Gasteiger partial charge in [-0.15, -0.1) is 0 Å². The largest absolute Gasteiger partial charge is 0.454 e. The summed E-state index contributed by atoms with van der Waals surface area (Å²) in [5.41, 5.74) is 0.614. The number of hydrogen-bond acceptors (Lipinski definition) is 4. The molecule has 1 heterocycles. The molecule has 5 nitrogen and oxygen atoms in total. The topological polar surface area (TPSA) is 56.8 Å². The molecule has 0 bridgehead atoms. The lowest BCUT2D eigenvalue weighted by Crippen LogP contribution is -2.33. The Labute approximate surface area is 112 Å². The van der Waals surface area contributed by atoms with Crippen molar-refractivity contribution in [3.63, 3.8) is 0 Å². The molecule has 2 rings (SSSR count). The molecule has 1 aromatic carbocycles. The predicted octanol–water partition coefficient (Wildman–Crippen LogP) is 2.48. The van der Waals surface area contributed by atoms with Crippen LogP contribution in [0.5, 0.6) is 11.5 Å². The van der Waals surface area contributed by atoms with E-state index in [1.54, 1.807) is 0 Å². The van der Waals surface area contributed by atoms with Gasteiger partial charge in [0.1, 0.15) is 5.60 Å². The van der Waals surface area contributed by atoms with Crippen molar-refractivity contribution in [2.75, 3.05) is 13.3 Å². The normalized spacial score (nSPS) is 13.2. The van der Waals surface area contributed by atoms with E-state index in [9.17, 15) is 4.79 Å². The molecule has 0 aliphatic carbocycles. The molecule has 0 saturated heterocycles. The highest BCUT2D eigenvalue weighted by molar-refractivity contribution is 5.67. The molecule has 1 aliphatic rings. The first kappa shape index (κ1) is 13.5. The molecule has 1 aromatic rings. The van der Waals surface area contributed by atoms with Gasteiger partial charge in [-0.25, -0.2) is 4.79 Å². The van der Waals surface area contributed by atoms with Crippen molar-refractivity contribution >= 4 is 6.09 Å². The molecule has 1 aliphatic heterocycles. The van der Waals surface area contributed by atoms with E-state index < -0.39 is 11.7 Å². The summed E-state index contributed by atoms with van der Waals surface area (Å²) >= 11 is 0. The number of carbonyl (C=O) groups excluding carboxylic acids is 1. The van der Waals surface area contributed by atoms with Crippen LogP contribution < -0.4 is 14.8 Å². The first-order chi connectivity index (χ1) is 8.94. The second kappa shape index (κ2) is 5.38. The minimum atomic E-state index is -0.469. The molecule has 1 N–H and O–H groups in total. The zero-order valence-corrected chi connectivity index (χ0v) is 11.5. The van der Waals surface area contributed by atoms with Crippen LogP contribution in [0.3, 0.4) is 0 Å². The van der Waals surface area contributed by atoms with E-state index in [0.29, 0.717) is 6.54 Å². The van der Waals surface area contributed by atoms with E-state index in [2.05, 4.69) is 5.32 Å². The number of hydrogen-bond donors (Lipinski definition) is 1. The fourth-order valence-corrected chi connectivity index (χ4v) is 1.72. The molecule has 104 valence electrons. The molecule has 0 spiro atoms. The van der Waals surface area contributed by atoms with Crippen molar-refractivity contribution < 1.29 is 19.0 Å². The summed E-state index contributed by atoms with van der Waals surface area (Å²) in [5, 5.41) is 2.72. The van der Waals surface area contributed by atoms with Gasteiger partial charge in [0.25, 0.3) is 0 Å². The maximum Gasteiger partial charge on any atom is 0.407 e. The summed E-state index contributed by atoms with van der Waals surface area (Å²) < 4.78 is 15.7. The second-order valence-corrected chi connectivity index (χ2v) is 5.37. The zero-order chi connectivity index (χ0) is 13.9. The van der Waals surface area contributed by atoms with Crippen LogP contribution in [-0.4, -0.2) is 25.0 Å².